The Morgan fingerprint density at radius 1 is 1.24 bits per heavy atom. The molecule has 0 aliphatic rings. The first-order valence-corrected chi connectivity index (χ1v) is 5.08. The monoisotopic (exact) mass is 236 g/mol. The Bertz CT molecular complexity index is 475. The van der Waals surface area contributed by atoms with Crippen LogP contribution in [0.25, 0.3) is 5.57 Å². The molecule has 0 spiro atoms. The Balaban J connectivity index is 3.53. The molecule has 0 amide bonds. The van der Waals surface area contributed by atoms with Crippen LogP contribution in [0, 0.1) is 13.8 Å². The third-order valence-electron chi connectivity index (χ3n) is 2.80. The van der Waals surface area contributed by atoms with Gasteiger partial charge in [0.1, 0.15) is 11.5 Å². The fraction of sp³-hybridized carbons (Fsp3) is 0.308. The summed E-state index contributed by atoms with van der Waals surface area (Å²) in [5, 5.41) is 8.98. The number of hydrogen-bond acceptors (Lipinski definition) is 3. The van der Waals surface area contributed by atoms with E-state index >= 15 is 0 Å². The lowest BCUT2D eigenvalue weighted by Gasteiger charge is -2.16. The molecular formula is C13H16O4. The maximum Gasteiger partial charge on any atom is 0.335 e. The van der Waals surface area contributed by atoms with Gasteiger partial charge in [-0.25, -0.2) is 4.79 Å². The Morgan fingerprint density at radius 2 is 1.82 bits per heavy atom. The minimum Gasteiger partial charge on any atom is -0.496 e. The summed E-state index contributed by atoms with van der Waals surface area (Å²) >= 11 is 0. The van der Waals surface area contributed by atoms with Crippen molar-refractivity contribution in [1.29, 1.82) is 0 Å². The standard InChI is InChI=1S/C13H16O4/c1-7-8(2)12(17-5)10(6-11(7)16-4)9(3)13(14)15/h6H,3H2,1-2,4-5H3,(H,14,15). The van der Waals surface area contributed by atoms with Crippen LogP contribution < -0.4 is 9.47 Å². The highest BCUT2D eigenvalue weighted by molar-refractivity contribution is 6.15. The van der Waals surface area contributed by atoms with Crippen LogP contribution in [-0.2, 0) is 4.79 Å². The molecule has 1 aromatic carbocycles. The van der Waals surface area contributed by atoms with E-state index < -0.39 is 5.97 Å². The van der Waals surface area contributed by atoms with Gasteiger partial charge in [0.25, 0.3) is 0 Å². The zero-order valence-corrected chi connectivity index (χ0v) is 10.5. The van der Waals surface area contributed by atoms with Gasteiger partial charge >= 0.3 is 5.97 Å². The number of benzene rings is 1. The minimum absolute atomic E-state index is 0.0109. The minimum atomic E-state index is -1.08. The number of carboxylic acids is 1. The number of ether oxygens (including phenoxy) is 2. The second kappa shape index (κ2) is 4.91. The molecule has 0 bridgehead atoms. The molecule has 92 valence electrons. The fourth-order valence-electron chi connectivity index (χ4n) is 1.68. The van der Waals surface area contributed by atoms with Crippen molar-refractivity contribution < 1.29 is 19.4 Å². The highest BCUT2D eigenvalue weighted by Gasteiger charge is 2.19. The molecule has 0 unspecified atom stereocenters. The van der Waals surface area contributed by atoms with Crippen LogP contribution >= 0.6 is 0 Å². The predicted molar refractivity (Wildman–Crippen MR) is 65.7 cm³/mol. The molecule has 0 saturated heterocycles. The van der Waals surface area contributed by atoms with Gasteiger partial charge in [-0.1, -0.05) is 6.58 Å². The van der Waals surface area contributed by atoms with E-state index in [0.717, 1.165) is 11.1 Å². The Labute approximate surface area is 100 Å². The first-order valence-electron chi connectivity index (χ1n) is 5.08. The summed E-state index contributed by atoms with van der Waals surface area (Å²) in [5.74, 6) is 0.0741. The molecular weight excluding hydrogens is 220 g/mol. The molecule has 1 N–H and O–H groups in total. The average Bonchev–Trinajstić information content (AvgIpc) is 2.31. The summed E-state index contributed by atoms with van der Waals surface area (Å²) in [6.45, 7) is 7.29. The van der Waals surface area contributed by atoms with Gasteiger partial charge in [-0.3, -0.25) is 0 Å². The lowest BCUT2D eigenvalue weighted by Crippen LogP contribution is -2.04. The number of hydrogen-bond donors (Lipinski definition) is 1. The molecule has 17 heavy (non-hydrogen) atoms. The van der Waals surface area contributed by atoms with Gasteiger partial charge in [-0.15, -0.1) is 0 Å². The highest BCUT2D eigenvalue weighted by Crippen LogP contribution is 2.36. The van der Waals surface area contributed by atoms with Gasteiger partial charge in [-0.05, 0) is 31.0 Å². The van der Waals surface area contributed by atoms with E-state index in [0.29, 0.717) is 17.1 Å². The van der Waals surface area contributed by atoms with Crippen molar-refractivity contribution in [3.05, 3.63) is 29.3 Å². The normalized spacial score (nSPS) is 9.88. The molecule has 4 nitrogen and oxygen atoms in total. The van der Waals surface area contributed by atoms with E-state index in [4.69, 9.17) is 14.6 Å². The van der Waals surface area contributed by atoms with Gasteiger partial charge < -0.3 is 14.6 Å². The first-order chi connectivity index (χ1) is 7.93. The van der Waals surface area contributed by atoms with E-state index in [1.54, 1.807) is 13.2 Å². The summed E-state index contributed by atoms with van der Waals surface area (Å²) in [7, 11) is 3.05. The second-order valence-corrected chi connectivity index (χ2v) is 3.69. The molecule has 0 atom stereocenters. The third-order valence-corrected chi connectivity index (χ3v) is 2.80. The van der Waals surface area contributed by atoms with Crippen LogP contribution in [0.3, 0.4) is 0 Å². The summed E-state index contributed by atoms with van der Waals surface area (Å²) in [5.41, 5.74) is 2.21. The summed E-state index contributed by atoms with van der Waals surface area (Å²) in [6.07, 6.45) is 0. The van der Waals surface area contributed by atoms with Crippen LogP contribution in [-0.4, -0.2) is 25.3 Å². The van der Waals surface area contributed by atoms with Gasteiger partial charge in [0, 0.05) is 5.56 Å². The zero-order valence-electron chi connectivity index (χ0n) is 10.5. The molecule has 0 aromatic heterocycles. The van der Waals surface area contributed by atoms with Crippen LogP contribution in [0.5, 0.6) is 11.5 Å². The molecule has 0 aliphatic carbocycles. The average molecular weight is 236 g/mol. The van der Waals surface area contributed by atoms with E-state index in [1.807, 2.05) is 13.8 Å². The van der Waals surface area contributed by atoms with Gasteiger partial charge in [0.05, 0.1) is 19.8 Å². The molecule has 0 heterocycles. The Morgan fingerprint density at radius 3 is 2.24 bits per heavy atom. The molecule has 0 saturated carbocycles. The fourth-order valence-corrected chi connectivity index (χ4v) is 1.68. The molecule has 4 heteroatoms. The number of methoxy groups -OCH3 is 2. The lowest BCUT2D eigenvalue weighted by molar-refractivity contribution is -0.130. The lowest BCUT2D eigenvalue weighted by atomic mass is 9.98. The van der Waals surface area contributed by atoms with Crippen LogP contribution in [0.15, 0.2) is 12.6 Å². The topological polar surface area (TPSA) is 55.8 Å². The van der Waals surface area contributed by atoms with Crippen LogP contribution in [0.2, 0.25) is 0 Å². The molecule has 1 aromatic rings. The summed E-state index contributed by atoms with van der Waals surface area (Å²) in [6, 6.07) is 1.64. The summed E-state index contributed by atoms with van der Waals surface area (Å²) < 4.78 is 10.5. The van der Waals surface area contributed by atoms with E-state index in [-0.39, 0.29) is 5.57 Å². The second-order valence-electron chi connectivity index (χ2n) is 3.69. The van der Waals surface area contributed by atoms with Crippen molar-refractivity contribution >= 4 is 11.5 Å². The third kappa shape index (κ3) is 2.25. The van der Waals surface area contributed by atoms with Crippen molar-refractivity contribution in [1.82, 2.24) is 0 Å². The Hall–Kier alpha value is -1.97. The number of carboxylic acid groups (broad SMARTS) is 1. The SMILES string of the molecule is C=C(C(=O)O)c1cc(OC)c(C)c(C)c1OC. The van der Waals surface area contributed by atoms with E-state index in [9.17, 15) is 4.79 Å². The van der Waals surface area contributed by atoms with Crippen molar-refractivity contribution in [2.75, 3.05) is 14.2 Å². The summed E-state index contributed by atoms with van der Waals surface area (Å²) in [4.78, 5) is 11.0. The number of carbonyl (C=O) groups is 1. The van der Waals surface area contributed by atoms with Gasteiger partial charge in [0.15, 0.2) is 0 Å². The maximum absolute atomic E-state index is 11.0. The van der Waals surface area contributed by atoms with Crippen molar-refractivity contribution in [3.8, 4) is 11.5 Å². The van der Waals surface area contributed by atoms with Crippen LogP contribution in [0.4, 0.5) is 0 Å². The largest absolute Gasteiger partial charge is 0.496 e. The molecule has 0 aliphatic heterocycles. The number of aliphatic carboxylic acids is 1. The van der Waals surface area contributed by atoms with Gasteiger partial charge in [-0.2, -0.15) is 0 Å². The van der Waals surface area contributed by atoms with Gasteiger partial charge in [0.2, 0.25) is 0 Å². The molecule has 0 radical (unpaired) electrons. The number of rotatable bonds is 4. The highest BCUT2D eigenvalue weighted by atomic mass is 16.5. The molecule has 1 rings (SSSR count). The maximum atomic E-state index is 11.0. The van der Waals surface area contributed by atoms with Crippen LogP contribution in [0.1, 0.15) is 16.7 Å². The molecule has 0 fully saturated rings. The van der Waals surface area contributed by atoms with Crippen molar-refractivity contribution in [2.24, 2.45) is 0 Å². The quantitative estimate of drug-likeness (QED) is 0.816. The predicted octanol–water partition coefficient (Wildman–Crippen LogP) is 2.42. The smallest absolute Gasteiger partial charge is 0.335 e. The van der Waals surface area contributed by atoms with E-state index in [1.165, 1.54) is 7.11 Å². The Kier molecular flexibility index (Phi) is 3.78. The van der Waals surface area contributed by atoms with E-state index in [2.05, 4.69) is 6.58 Å². The van der Waals surface area contributed by atoms with Crippen molar-refractivity contribution in [2.45, 2.75) is 13.8 Å². The first kappa shape index (κ1) is 13.1. The zero-order chi connectivity index (χ0) is 13.2. The van der Waals surface area contributed by atoms with Crippen molar-refractivity contribution in [3.63, 3.8) is 0 Å².